The van der Waals surface area contributed by atoms with E-state index in [-0.39, 0.29) is 5.60 Å². The predicted octanol–water partition coefficient (Wildman–Crippen LogP) is 2.78. The van der Waals surface area contributed by atoms with Crippen molar-refractivity contribution in [2.45, 2.75) is 63.6 Å². The van der Waals surface area contributed by atoms with Crippen LogP contribution in [0.25, 0.3) is 0 Å². The largest absolute Gasteiger partial charge is 0.370 e. The van der Waals surface area contributed by atoms with Crippen LogP contribution in [-0.4, -0.2) is 23.1 Å². The normalized spacial score (nSPS) is 30.4. The highest BCUT2D eigenvalue weighted by atomic mass is 16.5. The standard InChI is InChI=1S/C16H25N3O/c1-12-4-3-7-16(8-12,20-2)15-18-10-13(11-19-15)9-17-14-5-6-14/h10-12,14,17H,3-9H2,1-2H3. The molecule has 2 aliphatic rings. The Morgan fingerprint density at radius 1 is 1.30 bits per heavy atom. The Kier molecular flexibility index (Phi) is 4.03. The second-order valence-corrected chi connectivity index (χ2v) is 6.47. The quantitative estimate of drug-likeness (QED) is 0.897. The molecule has 110 valence electrons. The third kappa shape index (κ3) is 3.01. The first-order valence-electron chi connectivity index (χ1n) is 7.82. The first kappa shape index (κ1) is 14.0. The van der Waals surface area contributed by atoms with Crippen molar-refractivity contribution >= 4 is 0 Å². The van der Waals surface area contributed by atoms with Gasteiger partial charge in [0.05, 0.1) is 0 Å². The van der Waals surface area contributed by atoms with Gasteiger partial charge in [-0.1, -0.05) is 13.3 Å². The monoisotopic (exact) mass is 275 g/mol. The molecule has 0 saturated heterocycles. The number of aromatic nitrogens is 2. The van der Waals surface area contributed by atoms with Crippen LogP contribution in [0.15, 0.2) is 12.4 Å². The van der Waals surface area contributed by atoms with Crippen LogP contribution in [0.5, 0.6) is 0 Å². The zero-order valence-corrected chi connectivity index (χ0v) is 12.6. The van der Waals surface area contributed by atoms with Gasteiger partial charge in [-0.2, -0.15) is 0 Å². The molecular formula is C16H25N3O. The van der Waals surface area contributed by atoms with Crippen molar-refractivity contribution in [1.29, 1.82) is 0 Å². The maximum Gasteiger partial charge on any atom is 0.160 e. The van der Waals surface area contributed by atoms with Crippen LogP contribution < -0.4 is 5.32 Å². The Labute approximate surface area is 121 Å². The smallest absolute Gasteiger partial charge is 0.160 e. The fourth-order valence-corrected chi connectivity index (χ4v) is 3.21. The van der Waals surface area contributed by atoms with E-state index in [1.807, 2.05) is 12.4 Å². The molecule has 1 aromatic heterocycles. The lowest BCUT2D eigenvalue weighted by molar-refractivity contribution is -0.0646. The molecule has 4 nitrogen and oxygen atoms in total. The van der Waals surface area contributed by atoms with E-state index in [9.17, 15) is 0 Å². The molecule has 1 heterocycles. The maximum absolute atomic E-state index is 5.84. The SMILES string of the molecule is COC1(c2ncc(CNC3CC3)cn2)CCCC(C)C1. The van der Waals surface area contributed by atoms with Crippen molar-refractivity contribution in [3.05, 3.63) is 23.8 Å². The van der Waals surface area contributed by atoms with Gasteiger partial charge in [0.2, 0.25) is 0 Å². The summed E-state index contributed by atoms with van der Waals surface area (Å²) < 4.78 is 5.84. The topological polar surface area (TPSA) is 47.0 Å². The van der Waals surface area contributed by atoms with Gasteiger partial charge in [-0.05, 0) is 38.0 Å². The van der Waals surface area contributed by atoms with Gasteiger partial charge < -0.3 is 10.1 Å². The third-order valence-electron chi connectivity index (χ3n) is 4.63. The first-order valence-corrected chi connectivity index (χ1v) is 7.82. The molecule has 1 aromatic rings. The van der Waals surface area contributed by atoms with Crippen LogP contribution in [0.3, 0.4) is 0 Å². The molecule has 4 heteroatoms. The summed E-state index contributed by atoms with van der Waals surface area (Å²) in [6.07, 6.45) is 11.1. The number of hydrogen-bond donors (Lipinski definition) is 1. The van der Waals surface area contributed by atoms with Crippen molar-refractivity contribution in [3.63, 3.8) is 0 Å². The van der Waals surface area contributed by atoms with Crippen molar-refractivity contribution in [3.8, 4) is 0 Å². The summed E-state index contributed by atoms with van der Waals surface area (Å²) in [5.41, 5.74) is 0.899. The van der Waals surface area contributed by atoms with Gasteiger partial charge in [-0.15, -0.1) is 0 Å². The molecule has 20 heavy (non-hydrogen) atoms. The van der Waals surface area contributed by atoms with Crippen LogP contribution >= 0.6 is 0 Å². The summed E-state index contributed by atoms with van der Waals surface area (Å²) in [5, 5.41) is 3.49. The molecule has 1 N–H and O–H groups in total. The van der Waals surface area contributed by atoms with Crippen molar-refractivity contribution in [2.24, 2.45) is 5.92 Å². The lowest BCUT2D eigenvalue weighted by atomic mass is 9.78. The zero-order chi connectivity index (χ0) is 14.0. The maximum atomic E-state index is 5.84. The highest BCUT2D eigenvalue weighted by Gasteiger charge is 2.39. The van der Waals surface area contributed by atoms with E-state index in [1.165, 1.54) is 25.7 Å². The van der Waals surface area contributed by atoms with Gasteiger partial charge in [0.25, 0.3) is 0 Å². The summed E-state index contributed by atoms with van der Waals surface area (Å²) in [6, 6.07) is 0.721. The van der Waals surface area contributed by atoms with Crippen molar-refractivity contribution < 1.29 is 4.74 Å². The Morgan fingerprint density at radius 2 is 2.05 bits per heavy atom. The molecule has 0 amide bonds. The average Bonchev–Trinajstić information content (AvgIpc) is 3.30. The van der Waals surface area contributed by atoms with E-state index < -0.39 is 0 Å². The molecule has 2 atom stereocenters. The Balaban J connectivity index is 1.70. The lowest BCUT2D eigenvalue weighted by Crippen LogP contribution is -2.36. The molecule has 3 rings (SSSR count). The predicted molar refractivity (Wildman–Crippen MR) is 78.2 cm³/mol. The van der Waals surface area contributed by atoms with Gasteiger partial charge in [0.15, 0.2) is 5.82 Å². The number of nitrogens with one attached hydrogen (secondary N) is 1. The molecule has 0 spiro atoms. The Morgan fingerprint density at radius 3 is 2.65 bits per heavy atom. The molecule has 0 bridgehead atoms. The average molecular weight is 275 g/mol. The number of hydrogen-bond acceptors (Lipinski definition) is 4. The van der Waals surface area contributed by atoms with E-state index in [1.54, 1.807) is 7.11 Å². The van der Waals surface area contributed by atoms with Gasteiger partial charge in [0.1, 0.15) is 5.60 Å². The number of nitrogens with zero attached hydrogens (tertiary/aromatic N) is 2. The van der Waals surface area contributed by atoms with Crippen LogP contribution in [0.2, 0.25) is 0 Å². The van der Waals surface area contributed by atoms with E-state index in [0.29, 0.717) is 5.92 Å². The van der Waals surface area contributed by atoms with E-state index in [2.05, 4.69) is 22.2 Å². The molecule has 2 saturated carbocycles. The molecule has 2 aliphatic carbocycles. The van der Waals surface area contributed by atoms with E-state index >= 15 is 0 Å². The van der Waals surface area contributed by atoms with E-state index in [4.69, 9.17) is 4.74 Å². The molecule has 0 aromatic carbocycles. The van der Waals surface area contributed by atoms with Gasteiger partial charge in [-0.3, -0.25) is 0 Å². The molecule has 2 unspecified atom stereocenters. The molecule has 0 aliphatic heterocycles. The molecule has 0 radical (unpaired) electrons. The number of methoxy groups -OCH3 is 1. The minimum absolute atomic E-state index is 0.264. The van der Waals surface area contributed by atoms with Crippen molar-refractivity contribution in [2.75, 3.05) is 7.11 Å². The Bertz CT molecular complexity index is 444. The zero-order valence-electron chi connectivity index (χ0n) is 12.6. The van der Waals surface area contributed by atoms with Crippen LogP contribution in [-0.2, 0) is 16.9 Å². The summed E-state index contributed by atoms with van der Waals surface area (Å²) in [6.45, 7) is 3.17. The lowest BCUT2D eigenvalue weighted by Gasteiger charge is -2.37. The third-order valence-corrected chi connectivity index (χ3v) is 4.63. The fraction of sp³-hybridized carbons (Fsp3) is 0.750. The highest BCUT2D eigenvalue weighted by Crippen LogP contribution is 2.40. The van der Waals surface area contributed by atoms with Crippen molar-refractivity contribution in [1.82, 2.24) is 15.3 Å². The van der Waals surface area contributed by atoms with Gasteiger partial charge >= 0.3 is 0 Å². The molecular weight excluding hydrogens is 250 g/mol. The van der Waals surface area contributed by atoms with Crippen LogP contribution in [0.4, 0.5) is 0 Å². The summed E-state index contributed by atoms with van der Waals surface area (Å²) in [4.78, 5) is 9.20. The fourth-order valence-electron chi connectivity index (χ4n) is 3.21. The Hall–Kier alpha value is -1.00. The minimum atomic E-state index is -0.264. The second kappa shape index (κ2) is 5.78. The summed E-state index contributed by atoms with van der Waals surface area (Å²) in [5.74, 6) is 1.55. The summed E-state index contributed by atoms with van der Waals surface area (Å²) in [7, 11) is 1.80. The van der Waals surface area contributed by atoms with E-state index in [0.717, 1.165) is 36.8 Å². The molecule has 2 fully saturated rings. The number of ether oxygens (including phenoxy) is 1. The van der Waals surface area contributed by atoms with Crippen LogP contribution in [0, 0.1) is 5.92 Å². The van der Waals surface area contributed by atoms with Gasteiger partial charge in [-0.25, -0.2) is 9.97 Å². The van der Waals surface area contributed by atoms with Crippen LogP contribution in [0.1, 0.15) is 56.8 Å². The highest BCUT2D eigenvalue weighted by molar-refractivity contribution is 5.11. The second-order valence-electron chi connectivity index (χ2n) is 6.47. The minimum Gasteiger partial charge on any atom is -0.370 e. The number of rotatable bonds is 5. The van der Waals surface area contributed by atoms with Gasteiger partial charge in [0, 0.05) is 37.7 Å². The summed E-state index contributed by atoms with van der Waals surface area (Å²) >= 11 is 0. The first-order chi connectivity index (χ1) is 9.72.